The van der Waals surface area contributed by atoms with Gasteiger partial charge in [-0.15, -0.1) is 0 Å². The second-order valence-electron chi connectivity index (χ2n) is 5.01. The van der Waals surface area contributed by atoms with Gasteiger partial charge in [-0.1, -0.05) is 26.3 Å². The first-order valence-electron chi connectivity index (χ1n) is 6.88. The summed E-state index contributed by atoms with van der Waals surface area (Å²) in [4.78, 5) is 13.8. The minimum absolute atomic E-state index is 0.0847. The Bertz CT molecular complexity index is 465. The lowest BCUT2D eigenvalue weighted by Crippen LogP contribution is -2.46. The third kappa shape index (κ3) is 4.00. The summed E-state index contributed by atoms with van der Waals surface area (Å²) in [5.41, 5.74) is 6.48. The Hall–Kier alpha value is -1.49. The van der Waals surface area contributed by atoms with Gasteiger partial charge in [-0.25, -0.2) is 8.78 Å². The molecule has 3 nitrogen and oxygen atoms in total. The molecule has 1 unspecified atom stereocenters. The van der Waals surface area contributed by atoms with Crippen molar-refractivity contribution in [2.24, 2.45) is 11.7 Å². The van der Waals surface area contributed by atoms with Crippen molar-refractivity contribution in [3.8, 4) is 0 Å². The summed E-state index contributed by atoms with van der Waals surface area (Å²) in [7, 11) is 0. The van der Waals surface area contributed by atoms with Crippen molar-refractivity contribution >= 4 is 5.91 Å². The largest absolute Gasteiger partial charge is 0.337 e. The van der Waals surface area contributed by atoms with Gasteiger partial charge in [-0.3, -0.25) is 4.79 Å². The lowest BCUT2D eigenvalue weighted by Gasteiger charge is -2.27. The molecule has 0 radical (unpaired) electrons. The first kappa shape index (κ1) is 16.6. The van der Waals surface area contributed by atoms with Crippen LogP contribution in [0.2, 0.25) is 0 Å². The van der Waals surface area contributed by atoms with E-state index < -0.39 is 17.7 Å². The summed E-state index contributed by atoms with van der Waals surface area (Å²) in [6.45, 7) is 6.44. The molecular formula is C15H22F2N2O. The van der Waals surface area contributed by atoms with Gasteiger partial charge in [-0.2, -0.15) is 0 Å². The number of rotatable bonds is 6. The van der Waals surface area contributed by atoms with E-state index in [2.05, 4.69) is 0 Å². The fourth-order valence-electron chi connectivity index (χ4n) is 1.91. The van der Waals surface area contributed by atoms with Gasteiger partial charge >= 0.3 is 0 Å². The van der Waals surface area contributed by atoms with Crippen molar-refractivity contribution in [3.05, 3.63) is 35.4 Å². The number of hydrogen-bond donors (Lipinski definition) is 1. The molecule has 0 aliphatic heterocycles. The first-order chi connectivity index (χ1) is 9.40. The highest BCUT2D eigenvalue weighted by atomic mass is 19.2. The summed E-state index contributed by atoms with van der Waals surface area (Å²) < 4.78 is 26.1. The SMILES string of the molecule is CCC(C)[C@H](N)C(=O)N(CC)Cc1ccc(F)c(F)c1. The van der Waals surface area contributed by atoms with Crippen LogP contribution < -0.4 is 5.73 Å². The molecule has 1 aromatic rings. The number of carbonyl (C=O) groups excluding carboxylic acids is 1. The number of benzene rings is 1. The summed E-state index contributed by atoms with van der Waals surface area (Å²) in [6, 6.07) is 3.09. The number of amides is 1. The van der Waals surface area contributed by atoms with Crippen LogP contribution in [0.4, 0.5) is 8.78 Å². The molecule has 20 heavy (non-hydrogen) atoms. The van der Waals surface area contributed by atoms with Crippen LogP contribution in [0, 0.1) is 17.6 Å². The Kier molecular flexibility index (Phi) is 6.07. The Morgan fingerprint density at radius 1 is 1.30 bits per heavy atom. The van der Waals surface area contributed by atoms with Crippen LogP contribution in [0.1, 0.15) is 32.8 Å². The van der Waals surface area contributed by atoms with Gasteiger partial charge in [0.15, 0.2) is 11.6 Å². The van der Waals surface area contributed by atoms with E-state index in [-0.39, 0.29) is 18.4 Å². The molecule has 5 heteroatoms. The zero-order valence-corrected chi connectivity index (χ0v) is 12.2. The smallest absolute Gasteiger partial charge is 0.240 e. The molecule has 0 bridgehead atoms. The topological polar surface area (TPSA) is 46.3 Å². The summed E-state index contributed by atoms with van der Waals surface area (Å²) in [5, 5.41) is 0. The lowest BCUT2D eigenvalue weighted by molar-refractivity contribution is -0.134. The van der Waals surface area contributed by atoms with Crippen molar-refractivity contribution in [3.63, 3.8) is 0 Å². The molecule has 2 N–H and O–H groups in total. The van der Waals surface area contributed by atoms with Gasteiger partial charge in [-0.05, 0) is 30.5 Å². The van der Waals surface area contributed by atoms with Crippen LogP contribution in [-0.2, 0) is 11.3 Å². The van der Waals surface area contributed by atoms with Crippen LogP contribution in [0.3, 0.4) is 0 Å². The summed E-state index contributed by atoms with van der Waals surface area (Å²) >= 11 is 0. The summed E-state index contributed by atoms with van der Waals surface area (Å²) in [5.74, 6) is -1.87. The van der Waals surface area contributed by atoms with Gasteiger partial charge < -0.3 is 10.6 Å². The first-order valence-corrected chi connectivity index (χ1v) is 6.88. The number of hydrogen-bond acceptors (Lipinski definition) is 2. The number of nitrogens with zero attached hydrogens (tertiary/aromatic N) is 1. The van der Waals surface area contributed by atoms with E-state index in [1.54, 1.807) is 4.90 Å². The molecule has 0 spiro atoms. The molecule has 2 atom stereocenters. The van der Waals surface area contributed by atoms with Crippen LogP contribution in [0.15, 0.2) is 18.2 Å². The number of nitrogens with two attached hydrogens (primary N) is 1. The normalized spacial score (nSPS) is 13.9. The zero-order chi connectivity index (χ0) is 15.3. The Morgan fingerprint density at radius 3 is 2.45 bits per heavy atom. The number of likely N-dealkylation sites (N-methyl/N-ethyl adjacent to an activating group) is 1. The lowest BCUT2D eigenvalue weighted by atomic mass is 9.98. The predicted octanol–water partition coefficient (Wildman–Crippen LogP) is 2.69. The van der Waals surface area contributed by atoms with Gasteiger partial charge in [0.05, 0.1) is 6.04 Å². The van der Waals surface area contributed by atoms with E-state index in [0.29, 0.717) is 12.1 Å². The van der Waals surface area contributed by atoms with Crippen molar-refractivity contribution in [1.29, 1.82) is 0 Å². The van der Waals surface area contributed by atoms with Gasteiger partial charge in [0, 0.05) is 13.1 Å². The maximum atomic E-state index is 13.2. The average Bonchev–Trinajstić information content (AvgIpc) is 2.45. The maximum Gasteiger partial charge on any atom is 0.240 e. The summed E-state index contributed by atoms with van der Waals surface area (Å²) in [6.07, 6.45) is 0.815. The highest BCUT2D eigenvalue weighted by molar-refractivity contribution is 5.81. The average molecular weight is 284 g/mol. The van der Waals surface area contributed by atoms with Crippen LogP contribution in [0.5, 0.6) is 0 Å². The van der Waals surface area contributed by atoms with Gasteiger partial charge in [0.1, 0.15) is 0 Å². The second-order valence-corrected chi connectivity index (χ2v) is 5.01. The van der Waals surface area contributed by atoms with E-state index in [0.717, 1.165) is 18.6 Å². The minimum Gasteiger partial charge on any atom is -0.337 e. The molecular weight excluding hydrogens is 262 g/mol. The third-order valence-corrected chi connectivity index (χ3v) is 3.59. The van der Waals surface area contributed by atoms with E-state index in [4.69, 9.17) is 5.73 Å². The zero-order valence-electron chi connectivity index (χ0n) is 12.2. The molecule has 0 saturated carbocycles. The van der Waals surface area contributed by atoms with Crippen molar-refractivity contribution in [2.45, 2.75) is 39.8 Å². The van der Waals surface area contributed by atoms with Crippen molar-refractivity contribution in [1.82, 2.24) is 4.90 Å². The number of carbonyl (C=O) groups is 1. The molecule has 0 fully saturated rings. The minimum atomic E-state index is -0.905. The highest BCUT2D eigenvalue weighted by Crippen LogP contribution is 2.14. The van der Waals surface area contributed by atoms with Gasteiger partial charge in [0.25, 0.3) is 0 Å². The second kappa shape index (κ2) is 7.33. The molecule has 1 rings (SSSR count). The molecule has 0 heterocycles. The monoisotopic (exact) mass is 284 g/mol. The van der Waals surface area contributed by atoms with Crippen molar-refractivity contribution in [2.75, 3.05) is 6.54 Å². The van der Waals surface area contributed by atoms with E-state index in [1.807, 2.05) is 20.8 Å². The van der Waals surface area contributed by atoms with E-state index >= 15 is 0 Å². The van der Waals surface area contributed by atoms with E-state index in [1.165, 1.54) is 6.07 Å². The van der Waals surface area contributed by atoms with Crippen LogP contribution >= 0.6 is 0 Å². The molecule has 1 amide bonds. The highest BCUT2D eigenvalue weighted by Gasteiger charge is 2.24. The fourth-order valence-corrected chi connectivity index (χ4v) is 1.91. The predicted molar refractivity (Wildman–Crippen MR) is 74.9 cm³/mol. The fraction of sp³-hybridized carbons (Fsp3) is 0.533. The third-order valence-electron chi connectivity index (χ3n) is 3.59. The molecule has 0 aliphatic rings. The van der Waals surface area contributed by atoms with Crippen molar-refractivity contribution < 1.29 is 13.6 Å². The Morgan fingerprint density at radius 2 is 1.95 bits per heavy atom. The molecule has 0 saturated heterocycles. The molecule has 0 aliphatic carbocycles. The standard InChI is InChI=1S/C15H22F2N2O/c1-4-10(3)14(18)15(20)19(5-2)9-11-6-7-12(16)13(17)8-11/h6-8,10,14H,4-5,9,18H2,1-3H3/t10?,14-/m0/s1. The quantitative estimate of drug-likeness (QED) is 0.873. The number of halogens is 2. The van der Waals surface area contributed by atoms with E-state index in [9.17, 15) is 13.6 Å². The Labute approximate surface area is 118 Å². The molecule has 0 aromatic heterocycles. The van der Waals surface area contributed by atoms with Crippen LogP contribution in [0.25, 0.3) is 0 Å². The van der Waals surface area contributed by atoms with Gasteiger partial charge in [0.2, 0.25) is 5.91 Å². The molecule has 1 aromatic carbocycles. The van der Waals surface area contributed by atoms with Crippen LogP contribution in [-0.4, -0.2) is 23.4 Å². The maximum absolute atomic E-state index is 13.2. The Balaban J connectivity index is 2.80. The molecule has 112 valence electrons.